The Labute approximate surface area is 171 Å². The van der Waals surface area contributed by atoms with Crippen LogP contribution in [-0.2, 0) is 6.54 Å². The van der Waals surface area contributed by atoms with Crippen molar-refractivity contribution in [2.45, 2.75) is 44.4 Å². The van der Waals surface area contributed by atoms with E-state index in [0.29, 0.717) is 18.7 Å². The molecule has 1 N–H and O–H groups in total. The summed E-state index contributed by atoms with van der Waals surface area (Å²) in [5.74, 6) is 1.46. The van der Waals surface area contributed by atoms with E-state index in [1.54, 1.807) is 19.2 Å². The molecule has 0 bridgehead atoms. The summed E-state index contributed by atoms with van der Waals surface area (Å²) in [6.07, 6.45) is 4.78. The minimum atomic E-state index is -0.0894. The number of urea groups is 1. The Morgan fingerprint density at radius 1 is 1.14 bits per heavy atom. The SMILES string of the molecule is COc1ccc(C2CNC(=O)N2Cc2ccc(C#N)cc2)cc1OC1CCCC1. The number of nitrogens with zero attached hydrogens (tertiary/aromatic N) is 2. The summed E-state index contributed by atoms with van der Waals surface area (Å²) in [4.78, 5) is 14.3. The molecular formula is C23H25N3O3. The van der Waals surface area contributed by atoms with Gasteiger partial charge in [-0.3, -0.25) is 0 Å². The second-order valence-corrected chi connectivity index (χ2v) is 7.57. The Hall–Kier alpha value is -3.20. The van der Waals surface area contributed by atoms with E-state index in [0.717, 1.165) is 35.5 Å². The van der Waals surface area contributed by atoms with Gasteiger partial charge in [-0.1, -0.05) is 18.2 Å². The van der Waals surface area contributed by atoms with Crippen molar-refractivity contribution in [1.29, 1.82) is 5.26 Å². The molecule has 1 aliphatic carbocycles. The summed E-state index contributed by atoms with van der Waals surface area (Å²) in [5, 5.41) is 11.9. The zero-order chi connectivity index (χ0) is 20.2. The summed E-state index contributed by atoms with van der Waals surface area (Å²) in [7, 11) is 1.65. The van der Waals surface area contributed by atoms with E-state index in [1.165, 1.54) is 12.8 Å². The predicted octanol–water partition coefficient (Wildman–Crippen LogP) is 4.15. The number of methoxy groups -OCH3 is 1. The molecule has 1 aliphatic heterocycles. The Morgan fingerprint density at radius 3 is 2.59 bits per heavy atom. The molecule has 0 spiro atoms. The standard InChI is InChI=1S/C23H25N3O3/c1-28-21-11-10-18(12-22(21)29-19-4-2-3-5-19)20-14-25-23(27)26(20)15-17-8-6-16(13-24)7-9-17/h6-12,19-20H,2-5,14-15H2,1H3,(H,25,27). The maximum absolute atomic E-state index is 12.5. The molecule has 1 atom stereocenters. The molecule has 29 heavy (non-hydrogen) atoms. The number of hydrogen-bond donors (Lipinski definition) is 1. The Bertz CT molecular complexity index is 914. The highest BCUT2D eigenvalue weighted by Crippen LogP contribution is 2.36. The van der Waals surface area contributed by atoms with E-state index in [9.17, 15) is 4.79 Å². The van der Waals surface area contributed by atoms with Gasteiger partial charge in [0.15, 0.2) is 11.5 Å². The quantitative estimate of drug-likeness (QED) is 0.803. The number of carbonyl (C=O) groups is 1. The van der Waals surface area contributed by atoms with E-state index in [4.69, 9.17) is 14.7 Å². The first-order valence-corrected chi connectivity index (χ1v) is 10.1. The molecule has 2 aromatic rings. The van der Waals surface area contributed by atoms with Crippen molar-refractivity contribution in [2.75, 3.05) is 13.7 Å². The van der Waals surface area contributed by atoms with Crippen LogP contribution in [0.1, 0.15) is 48.4 Å². The molecule has 2 fully saturated rings. The van der Waals surface area contributed by atoms with Crippen molar-refractivity contribution in [3.8, 4) is 17.6 Å². The van der Waals surface area contributed by atoms with Crippen molar-refractivity contribution < 1.29 is 14.3 Å². The number of rotatable bonds is 6. The number of nitrogens with one attached hydrogen (secondary N) is 1. The second kappa shape index (κ2) is 8.44. The highest BCUT2D eigenvalue weighted by atomic mass is 16.5. The first-order valence-electron chi connectivity index (χ1n) is 10.1. The smallest absolute Gasteiger partial charge is 0.318 e. The monoisotopic (exact) mass is 391 g/mol. The van der Waals surface area contributed by atoms with Gasteiger partial charge in [0.05, 0.1) is 30.9 Å². The van der Waals surface area contributed by atoms with Gasteiger partial charge in [0.1, 0.15) is 0 Å². The van der Waals surface area contributed by atoms with Crippen LogP contribution in [0.15, 0.2) is 42.5 Å². The Kier molecular flexibility index (Phi) is 5.57. The lowest BCUT2D eigenvalue weighted by Gasteiger charge is -2.25. The van der Waals surface area contributed by atoms with Crippen LogP contribution in [0.4, 0.5) is 4.79 Å². The van der Waals surface area contributed by atoms with E-state index in [2.05, 4.69) is 11.4 Å². The average molecular weight is 391 g/mol. The fourth-order valence-electron chi connectivity index (χ4n) is 4.08. The van der Waals surface area contributed by atoms with E-state index in [-0.39, 0.29) is 18.2 Å². The molecule has 6 heteroatoms. The minimum absolute atomic E-state index is 0.0880. The van der Waals surface area contributed by atoms with E-state index in [1.807, 2.05) is 35.2 Å². The maximum atomic E-state index is 12.5. The zero-order valence-electron chi connectivity index (χ0n) is 16.6. The molecule has 0 aromatic heterocycles. The summed E-state index contributed by atoms with van der Waals surface area (Å²) in [6, 6.07) is 15.2. The van der Waals surface area contributed by atoms with Crippen LogP contribution < -0.4 is 14.8 Å². The second-order valence-electron chi connectivity index (χ2n) is 7.57. The zero-order valence-corrected chi connectivity index (χ0v) is 16.6. The Morgan fingerprint density at radius 2 is 1.90 bits per heavy atom. The van der Waals surface area contributed by atoms with Gasteiger partial charge in [-0.15, -0.1) is 0 Å². The number of amides is 2. The summed E-state index contributed by atoms with van der Waals surface area (Å²) in [5.41, 5.74) is 2.62. The van der Waals surface area contributed by atoms with Crippen molar-refractivity contribution in [2.24, 2.45) is 0 Å². The molecule has 2 aromatic carbocycles. The fraction of sp³-hybridized carbons (Fsp3) is 0.391. The topological polar surface area (TPSA) is 74.6 Å². The third-order valence-electron chi connectivity index (χ3n) is 5.69. The lowest BCUT2D eigenvalue weighted by molar-refractivity contribution is 0.196. The first kappa shape index (κ1) is 19.1. The van der Waals surface area contributed by atoms with Gasteiger partial charge in [-0.2, -0.15) is 5.26 Å². The highest BCUT2D eigenvalue weighted by Gasteiger charge is 2.32. The molecule has 2 aliphatic rings. The summed E-state index contributed by atoms with van der Waals surface area (Å²) in [6.45, 7) is 1.03. The third-order valence-corrected chi connectivity index (χ3v) is 5.69. The van der Waals surface area contributed by atoms with Gasteiger partial charge in [-0.05, 0) is 61.1 Å². The van der Waals surface area contributed by atoms with Crippen LogP contribution >= 0.6 is 0 Å². The minimum Gasteiger partial charge on any atom is -0.493 e. The van der Waals surface area contributed by atoms with E-state index < -0.39 is 0 Å². The van der Waals surface area contributed by atoms with Crippen LogP contribution in [0.25, 0.3) is 0 Å². The number of benzene rings is 2. The molecule has 1 saturated carbocycles. The van der Waals surface area contributed by atoms with Crippen molar-refractivity contribution in [1.82, 2.24) is 10.2 Å². The van der Waals surface area contributed by atoms with Crippen LogP contribution in [0.2, 0.25) is 0 Å². The molecule has 1 heterocycles. The lowest BCUT2D eigenvalue weighted by Crippen LogP contribution is -2.29. The lowest BCUT2D eigenvalue weighted by atomic mass is 10.0. The molecule has 4 rings (SSSR count). The van der Waals surface area contributed by atoms with Gasteiger partial charge < -0.3 is 19.7 Å². The van der Waals surface area contributed by atoms with Gasteiger partial charge in [-0.25, -0.2) is 4.79 Å². The van der Waals surface area contributed by atoms with Gasteiger partial charge in [0.25, 0.3) is 0 Å². The molecular weight excluding hydrogens is 366 g/mol. The molecule has 2 amide bonds. The summed E-state index contributed by atoms with van der Waals surface area (Å²) < 4.78 is 11.7. The fourth-order valence-corrected chi connectivity index (χ4v) is 4.08. The predicted molar refractivity (Wildman–Crippen MR) is 109 cm³/mol. The van der Waals surface area contributed by atoms with E-state index >= 15 is 0 Å². The number of hydrogen-bond acceptors (Lipinski definition) is 4. The molecule has 1 saturated heterocycles. The highest BCUT2D eigenvalue weighted by molar-refractivity contribution is 5.77. The van der Waals surface area contributed by atoms with Gasteiger partial charge in [0.2, 0.25) is 0 Å². The van der Waals surface area contributed by atoms with Crippen molar-refractivity contribution >= 4 is 6.03 Å². The molecule has 1 unspecified atom stereocenters. The molecule has 6 nitrogen and oxygen atoms in total. The van der Waals surface area contributed by atoms with Crippen LogP contribution in [0.3, 0.4) is 0 Å². The van der Waals surface area contributed by atoms with Gasteiger partial charge >= 0.3 is 6.03 Å². The normalized spacial score (nSPS) is 19.1. The van der Waals surface area contributed by atoms with Crippen LogP contribution in [-0.4, -0.2) is 30.7 Å². The largest absolute Gasteiger partial charge is 0.493 e. The van der Waals surface area contributed by atoms with Gasteiger partial charge in [0, 0.05) is 13.1 Å². The molecule has 150 valence electrons. The molecule has 0 radical (unpaired) electrons. The number of ether oxygens (including phenoxy) is 2. The van der Waals surface area contributed by atoms with Crippen LogP contribution in [0.5, 0.6) is 11.5 Å². The first-order chi connectivity index (χ1) is 14.2. The summed E-state index contributed by atoms with van der Waals surface area (Å²) >= 11 is 0. The Balaban J connectivity index is 1.56. The maximum Gasteiger partial charge on any atom is 0.318 e. The average Bonchev–Trinajstić information content (AvgIpc) is 3.39. The number of carbonyl (C=O) groups excluding carboxylic acids is 1. The van der Waals surface area contributed by atoms with Crippen molar-refractivity contribution in [3.63, 3.8) is 0 Å². The van der Waals surface area contributed by atoms with Crippen molar-refractivity contribution in [3.05, 3.63) is 59.2 Å². The number of nitriles is 1. The van der Waals surface area contributed by atoms with Crippen LogP contribution in [0, 0.1) is 11.3 Å². The third kappa shape index (κ3) is 4.14.